The maximum atomic E-state index is 15.9. The van der Waals surface area contributed by atoms with Gasteiger partial charge in [0.2, 0.25) is 84.8 Å². The van der Waals surface area contributed by atoms with Crippen LogP contribution in [0.3, 0.4) is 0 Å². The smallest absolute Gasteiger partial charge is 0.239 e. The number of aromatic nitrogens is 8. The van der Waals surface area contributed by atoms with Crippen molar-refractivity contribution < 1.29 is 74.7 Å². The summed E-state index contributed by atoms with van der Waals surface area (Å²) in [7, 11) is 0. The lowest BCUT2D eigenvalue weighted by Gasteiger charge is -2.67. The van der Waals surface area contributed by atoms with Crippen molar-refractivity contribution in [3.05, 3.63) is 263 Å². The molecule has 4 fully saturated rings. The molecule has 0 saturated heterocycles. The molecule has 0 spiro atoms. The molecule has 16 aromatic rings. The molecule has 4 aliphatic carbocycles. The molecule has 760 valence electrons. The minimum absolute atomic E-state index is 0. The van der Waals surface area contributed by atoms with Crippen molar-refractivity contribution in [2.45, 2.75) is 197 Å². The lowest BCUT2D eigenvalue weighted by Crippen LogP contribution is -3.00. The van der Waals surface area contributed by atoms with Gasteiger partial charge in [-0.25, -0.2) is 19.9 Å². The standard InChI is InChI=1S/C118H131N20O4.4ClH/c1-75-53-95-103(61-87(75)119)135(83-37-21-17-22-38-83)107-65-91(79(5)57-99(107)131-95)123-45-29-9-13-33-49-127-111(139)115-69-116(112(140)128-50-34-14-10-30-46-124-92-66-108-100(58-80(92)6)132-96-54-76(2)88(120)62-104(96)136(108)84-39-23-18-24-40-84)72-117(70-115,113(141)129-51-35-15-11-31-47-125-93-67-109-101(59-81(93)7)133-97-55-77(3)89(121)63-105(97)137(109)85-41-25-19-26-42-85)74-118(71-115,73-116)114(142)130-52-36-16-12-32-48-126-94-68-110-102(60-82(94)8)134-98-56-78(4)90(122)64-106(98)138(110)86-43-27-20-28-44-86;;;;/h17-28,37-43,53-68H,9-16,29-36,45-52,69-74H2,1-8H3,(H12,119,120,121,122,123,124,125,126,127,128,129,130,139,140,141,142);4*1H/q-1;;;;/p+1. The van der Waals surface area contributed by atoms with Crippen molar-refractivity contribution in [2.75, 3.05) is 96.6 Å². The molecule has 4 amide bonds. The Labute approximate surface area is 880 Å². The van der Waals surface area contributed by atoms with Crippen LogP contribution in [0.2, 0.25) is 0 Å². The summed E-state index contributed by atoms with van der Waals surface area (Å²) in [4.78, 5) is 84.4. The number of amides is 4. The first-order valence-corrected chi connectivity index (χ1v) is 51.3. The monoisotopic (exact) mass is 2040 g/mol. The molecule has 4 saturated carbocycles. The summed E-state index contributed by atoms with van der Waals surface area (Å²) in [6.07, 6.45) is 15.2. The minimum atomic E-state index is -1.19. The number of hydrogen-bond donors (Lipinski definition) is 12. The molecule has 20 rings (SSSR count). The Morgan fingerprint density at radius 2 is 0.473 bits per heavy atom. The number of nitrogens with two attached hydrogens (primary N) is 4. The fourth-order valence-electron chi connectivity index (χ4n) is 23.3. The van der Waals surface area contributed by atoms with E-state index in [1.165, 1.54) is 0 Å². The molecule has 4 bridgehead atoms. The molecule has 12 aromatic carbocycles. The summed E-state index contributed by atoms with van der Waals surface area (Å²) < 4.78 is 8.93. The molecule has 0 aliphatic heterocycles. The molecular formula is C118H136Cl4N20O4. The minimum Gasteiger partial charge on any atom is -1.00 e. The van der Waals surface area contributed by atoms with E-state index in [9.17, 15) is 0 Å². The summed E-state index contributed by atoms with van der Waals surface area (Å²) in [5.41, 5.74) is 55.3. The summed E-state index contributed by atoms with van der Waals surface area (Å²) in [6.45, 7) is 21.2. The predicted octanol–water partition coefficient (Wildman–Crippen LogP) is 11.4. The fraction of sp³-hybridized carbons (Fsp3) is 0.356. The second kappa shape index (κ2) is 46.0. The molecule has 4 aliphatic rings. The molecule has 0 atom stereocenters. The van der Waals surface area contributed by atoms with Gasteiger partial charge in [0.25, 0.3) is 0 Å². The van der Waals surface area contributed by atoms with E-state index in [-0.39, 0.29) is 112 Å². The second-order valence-corrected chi connectivity index (χ2v) is 41.0. The number of unbranched alkanes of at least 4 members (excludes halogenated alkanes) is 12. The Morgan fingerprint density at radius 1 is 0.267 bits per heavy atom. The first-order valence-electron chi connectivity index (χ1n) is 51.3. The van der Waals surface area contributed by atoms with E-state index in [4.69, 9.17) is 42.9 Å². The van der Waals surface area contributed by atoms with Gasteiger partial charge in [-0.2, -0.15) is 22.8 Å². The van der Waals surface area contributed by atoms with Crippen molar-refractivity contribution >= 4 is 170 Å². The van der Waals surface area contributed by atoms with Gasteiger partial charge >= 0.3 is 0 Å². The number of nitrogen functional groups attached to an aromatic ring is 4. The number of para-hydroxylation sites is 4. The zero-order chi connectivity index (χ0) is 98.6. The summed E-state index contributed by atoms with van der Waals surface area (Å²) in [5, 5.41) is 28.8. The average molecular weight is 2040 g/mol. The van der Waals surface area contributed by atoms with E-state index < -0.39 is 21.7 Å². The molecule has 146 heavy (non-hydrogen) atoms. The van der Waals surface area contributed by atoms with Crippen LogP contribution in [0.15, 0.2) is 212 Å². The maximum Gasteiger partial charge on any atom is 0.239 e. The van der Waals surface area contributed by atoms with Gasteiger partial charge in [0.05, 0.1) is 21.7 Å². The highest BCUT2D eigenvalue weighted by atomic mass is 35.5. The molecule has 0 unspecified atom stereocenters. The van der Waals surface area contributed by atoms with Crippen LogP contribution in [-0.4, -0.2) is 95.9 Å². The second-order valence-electron chi connectivity index (χ2n) is 41.0. The van der Waals surface area contributed by atoms with Crippen molar-refractivity contribution in [1.82, 2.24) is 41.2 Å². The number of anilines is 8. The third-order valence-electron chi connectivity index (χ3n) is 30.4. The Morgan fingerprint density at radius 3 is 0.705 bits per heavy atom. The summed E-state index contributed by atoms with van der Waals surface area (Å²) in [6, 6.07) is 76.2. The number of rotatable bonds is 40. The lowest BCUT2D eigenvalue weighted by molar-refractivity contribution is -0.538. The average Bonchev–Trinajstić information content (AvgIpc) is 0.667. The molecule has 24 nitrogen and oxygen atoms in total. The van der Waals surface area contributed by atoms with Crippen LogP contribution < -0.4 is 121 Å². The van der Waals surface area contributed by atoms with Crippen LogP contribution in [0.25, 0.3) is 111 Å². The normalized spacial score (nSPS) is 16.5. The van der Waals surface area contributed by atoms with E-state index in [0.717, 1.165) is 307 Å². The number of aryl methyl sites for hydroxylation is 8. The van der Waals surface area contributed by atoms with Crippen LogP contribution >= 0.6 is 12.4 Å². The van der Waals surface area contributed by atoms with Gasteiger partial charge in [-0.3, -0.25) is 19.2 Å². The van der Waals surface area contributed by atoms with E-state index in [2.05, 4.69) is 204 Å². The molecular weight excluding hydrogens is 1900 g/mol. The number of benzene rings is 12. The lowest BCUT2D eigenvalue weighted by atomic mass is 9.34. The Balaban J connectivity index is 0.00000400. The van der Waals surface area contributed by atoms with E-state index >= 15 is 19.2 Å². The van der Waals surface area contributed by atoms with Crippen molar-refractivity contribution in [3.63, 3.8) is 0 Å². The van der Waals surface area contributed by atoms with Crippen LogP contribution in [0.4, 0.5) is 45.5 Å². The number of hydrogen-bond acceptors (Lipinski definition) is 16. The number of carbonyl (C=O) groups excluding carboxylic acids is 4. The number of nitrogens with one attached hydrogen (secondary N) is 8. The molecule has 4 aromatic heterocycles. The summed E-state index contributed by atoms with van der Waals surface area (Å²) in [5.74, 6) is -0.694. The fourth-order valence-corrected chi connectivity index (χ4v) is 23.3. The van der Waals surface area contributed by atoms with E-state index in [1.807, 2.05) is 131 Å². The highest BCUT2D eigenvalue weighted by molar-refractivity contribution is 5.98. The SMILES string of the molecule is Cc1cc2nc3cc(C)c(NCCCCCCNC(=O)C45CC6(C(=O)NCCCCCCNc7cc8c(cc7C)nc7cc(C)c(N)cc7[n+]8-c7ccccc7)CC(C(=O)NCCCCCCNc7cc8c(cc7C)nc7cc(C)c(N)cc7[n+]8-c7ccccc7)(C4)CC(C(=O)NCCCCCCNc4cc7c(cc4C)nc4cc(C)c(N)cc4[n+]7-c4ccccc4)(C5)C6)cc3[n+](-c3[c-]cccc3)c2cc1N.Cl.[Cl-].[Cl-].[Cl-]. The summed E-state index contributed by atoms with van der Waals surface area (Å²) >= 11 is 0. The number of carbonyl (C=O) groups is 4. The van der Waals surface area contributed by atoms with Crippen LogP contribution in [0.1, 0.15) is 186 Å². The van der Waals surface area contributed by atoms with Gasteiger partial charge in [-0.15, -0.1) is 32.2 Å². The van der Waals surface area contributed by atoms with Crippen molar-refractivity contribution in [3.8, 4) is 22.7 Å². The van der Waals surface area contributed by atoms with Gasteiger partial charge in [-0.1, -0.05) is 112 Å². The van der Waals surface area contributed by atoms with Gasteiger partial charge in [0, 0.05) is 183 Å². The predicted molar refractivity (Wildman–Crippen MR) is 582 cm³/mol. The molecule has 0 radical (unpaired) electrons. The topological polar surface area (TPSA) is 336 Å². The van der Waals surface area contributed by atoms with Crippen LogP contribution in [0.5, 0.6) is 0 Å². The quantitative estimate of drug-likeness (QED) is 0.00558. The first kappa shape index (κ1) is 107. The molecule has 4 heterocycles. The number of nitrogens with zero attached hydrogens (tertiary/aromatic N) is 8. The Bertz CT molecular complexity index is 6630. The molecule has 28 heteroatoms. The molecule has 16 N–H and O–H groups in total. The Hall–Kier alpha value is -13.5. The van der Waals surface area contributed by atoms with Crippen molar-refractivity contribution in [1.29, 1.82) is 0 Å². The zero-order valence-electron chi connectivity index (χ0n) is 85.0. The van der Waals surface area contributed by atoms with Gasteiger partial charge in [0.15, 0.2) is 0 Å². The third-order valence-corrected chi connectivity index (χ3v) is 30.4. The first-order chi connectivity index (χ1) is 68.8. The van der Waals surface area contributed by atoms with Crippen LogP contribution in [-0.2, 0) is 19.2 Å². The van der Waals surface area contributed by atoms with Gasteiger partial charge in [0.1, 0.15) is 49.8 Å². The largest absolute Gasteiger partial charge is 1.00 e. The van der Waals surface area contributed by atoms with Gasteiger partial charge in [-0.05, 0) is 238 Å². The zero-order valence-corrected chi connectivity index (χ0v) is 88.1. The highest BCUT2D eigenvalue weighted by Crippen LogP contribution is 2.74. The van der Waals surface area contributed by atoms with Crippen molar-refractivity contribution in [2.24, 2.45) is 21.7 Å². The van der Waals surface area contributed by atoms with Crippen LogP contribution in [0, 0.1) is 83.1 Å². The van der Waals surface area contributed by atoms with Gasteiger partial charge < -0.3 is 103 Å². The van der Waals surface area contributed by atoms with E-state index in [1.54, 1.807) is 0 Å². The van der Waals surface area contributed by atoms with E-state index in [0.29, 0.717) is 48.9 Å². The maximum absolute atomic E-state index is 15.9. The number of fused-ring (bicyclic) bond motifs is 8. The highest BCUT2D eigenvalue weighted by Gasteiger charge is 2.75. The third kappa shape index (κ3) is 22.1. The number of halogens is 4. The Kier molecular flexibility index (Phi) is 33.7.